The van der Waals surface area contributed by atoms with Crippen LogP contribution in [-0.4, -0.2) is 5.97 Å². The average Bonchev–Trinajstić information content (AvgIpc) is 2.75. The van der Waals surface area contributed by atoms with Crippen molar-refractivity contribution < 1.29 is 9.90 Å². The number of hydrogen-bond acceptors (Lipinski definition) is 3. The number of carbonyl (C=O) groups excluding carboxylic acids is 1. The second-order valence-corrected chi connectivity index (χ2v) is 4.74. The van der Waals surface area contributed by atoms with Crippen molar-refractivity contribution in [3.63, 3.8) is 0 Å². The molecular formula is C10H7O2S2. The second-order valence-electron chi connectivity index (χ2n) is 2.78. The molecule has 0 saturated carbocycles. The minimum Gasteiger partial charge on any atom is -0.246 e. The van der Waals surface area contributed by atoms with E-state index in [2.05, 4.69) is 0 Å². The van der Waals surface area contributed by atoms with Crippen molar-refractivity contribution in [2.24, 2.45) is 0 Å². The van der Waals surface area contributed by atoms with Crippen molar-refractivity contribution in [2.45, 2.75) is 5.92 Å². The predicted molar refractivity (Wildman–Crippen MR) is 56.2 cm³/mol. The molecule has 71 valence electrons. The Balaban J connectivity index is 2.40. The van der Waals surface area contributed by atoms with Crippen molar-refractivity contribution in [3.05, 3.63) is 44.8 Å². The molecule has 0 fully saturated rings. The highest BCUT2D eigenvalue weighted by atomic mass is 32.1. The summed E-state index contributed by atoms with van der Waals surface area (Å²) in [5.74, 6) is -1.63. The van der Waals surface area contributed by atoms with E-state index in [4.69, 9.17) is 0 Å². The maximum Gasteiger partial charge on any atom is 0.369 e. The van der Waals surface area contributed by atoms with Crippen LogP contribution in [0.4, 0.5) is 0 Å². The Hall–Kier alpha value is -1.13. The van der Waals surface area contributed by atoms with Crippen molar-refractivity contribution >= 4 is 28.6 Å². The smallest absolute Gasteiger partial charge is 0.246 e. The molecule has 0 aliphatic carbocycles. The minimum absolute atomic E-state index is 0.602. The third-order valence-corrected chi connectivity index (χ3v) is 3.77. The third-order valence-electron chi connectivity index (χ3n) is 1.89. The summed E-state index contributed by atoms with van der Waals surface area (Å²) in [5, 5.41) is 14.7. The van der Waals surface area contributed by atoms with E-state index in [1.54, 1.807) is 0 Å². The van der Waals surface area contributed by atoms with E-state index < -0.39 is 11.9 Å². The molecule has 0 aliphatic heterocycles. The Morgan fingerprint density at radius 2 is 1.57 bits per heavy atom. The zero-order chi connectivity index (χ0) is 9.97. The second kappa shape index (κ2) is 3.94. The van der Waals surface area contributed by atoms with Gasteiger partial charge in [0.2, 0.25) is 0 Å². The lowest BCUT2D eigenvalue weighted by Gasteiger charge is -2.05. The summed E-state index contributed by atoms with van der Waals surface area (Å²) in [6.07, 6.45) is 0. The van der Waals surface area contributed by atoms with Gasteiger partial charge in [-0.2, -0.15) is 0 Å². The van der Waals surface area contributed by atoms with Crippen molar-refractivity contribution in [3.8, 4) is 0 Å². The first-order chi connectivity index (χ1) is 6.79. The fourth-order valence-electron chi connectivity index (χ4n) is 1.28. The van der Waals surface area contributed by atoms with Crippen LogP contribution in [0.15, 0.2) is 35.0 Å². The monoisotopic (exact) mass is 223 g/mol. The maximum atomic E-state index is 11.0. The zero-order valence-electron chi connectivity index (χ0n) is 7.17. The summed E-state index contributed by atoms with van der Waals surface area (Å²) < 4.78 is 0. The molecule has 14 heavy (non-hydrogen) atoms. The first kappa shape index (κ1) is 9.43. The highest BCUT2D eigenvalue weighted by Gasteiger charge is 2.25. The van der Waals surface area contributed by atoms with Gasteiger partial charge in [-0.1, -0.05) is 12.1 Å². The van der Waals surface area contributed by atoms with Gasteiger partial charge in [0.15, 0.2) is 0 Å². The number of rotatable bonds is 3. The minimum atomic E-state index is -1.03. The summed E-state index contributed by atoms with van der Waals surface area (Å²) in [6.45, 7) is 0. The van der Waals surface area contributed by atoms with Gasteiger partial charge < -0.3 is 0 Å². The number of hydrogen-bond donors (Lipinski definition) is 0. The molecule has 1 radical (unpaired) electrons. The molecule has 0 atom stereocenters. The largest absolute Gasteiger partial charge is 0.369 e. The molecule has 0 saturated heterocycles. The van der Waals surface area contributed by atoms with E-state index in [1.165, 1.54) is 22.7 Å². The summed E-state index contributed by atoms with van der Waals surface area (Å²) in [7, 11) is 0. The van der Waals surface area contributed by atoms with Gasteiger partial charge in [-0.15, -0.1) is 22.7 Å². The lowest BCUT2D eigenvalue weighted by atomic mass is 10.1. The summed E-state index contributed by atoms with van der Waals surface area (Å²) in [6, 6.07) is 7.35. The van der Waals surface area contributed by atoms with E-state index in [1.807, 2.05) is 35.0 Å². The molecule has 2 aromatic heterocycles. The first-order valence-electron chi connectivity index (χ1n) is 4.06. The topological polar surface area (TPSA) is 37.0 Å². The molecule has 4 heteroatoms. The summed E-state index contributed by atoms with van der Waals surface area (Å²) in [5.41, 5.74) is 0. The fraction of sp³-hybridized carbons (Fsp3) is 0.100. The number of carbonyl (C=O) groups is 1. The van der Waals surface area contributed by atoms with Gasteiger partial charge in [0.05, 0.1) is 0 Å². The highest BCUT2D eigenvalue weighted by Crippen LogP contribution is 2.31. The standard InChI is InChI=1S/C10H7O2S2/c11-10(12)9(7-3-1-5-13-7)8-4-2-6-14-8/h1-6,9H. The molecule has 2 nitrogen and oxygen atoms in total. The van der Waals surface area contributed by atoms with E-state index in [0.29, 0.717) is 0 Å². The van der Waals surface area contributed by atoms with Crippen LogP contribution in [0.25, 0.3) is 0 Å². The highest BCUT2D eigenvalue weighted by molar-refractivity contribution is 7.11. The molecule has 0 spiro atoms. The Bertz CT molecular complexity index is 369. The van der Waals surface area contributed by atoms with Gasteiger partial charge in [-0.25, -0.2) is 9.90 Å². The van der Waals surface area contributed by atoms with Crippen LogP contribution < -0.4 is 0 Å². The van der Waals surface area contributed by atoms with E-state index >= 15 is 0 Å². The summed E-state index contributed by atoms with van der Waals surface area (Å²) >= 11 is 2.89. The Morgan fingerprint density at radius 3 is 1.86 bits per heavy atom. The normalized spacial score (nSPS) is 10.6. The Labute approximate surface area is 89.5 Å². The van der Waals surface area contributed by atoms with Crippen LogP contribution in [0.1, 0.15) is 15.7 Å². The molecule has 0 bridgehead atoms. The zero-order valence-corrected chi connectivity index (χ0v) is 8.81. The summed E-state index contributed by atoms with van der Waals surface area (Å²) in [4.78, 5) is 12.7. The SMILES string of the molecule is [O]C(=O)C(c1cccs1)c1cccs1. The van der Waals surface area contributed by atoms with E-state index in [-0.39, 0.29) is 0 Å². The van der Waals surface area contributed by atoms with E-state index in [9.17, 15) is 9.90 Å². The predicted octanol–water partition coefficient (Wildman–Crippen LogP) is 2.90. The Morgan fingerprint density at radius 1 is 1.07 bits per heavy atom. The molecule has 0 amide bonds. The van der Waals surface area contributed by atoms with Gasteiger partial charge >= 0.3 is 5.97 Å². The molecular weight excluding hydrogens is 216 g/mol. The first-order valence-corrected chi connectivity index (χ1v) is 5.82. The van der Waals surface area contributed by atoms with Crippen LogP contribution >= 0.6 is 22.7 Å². The fourth-order valence-corrected chi connectivity index (χ4v) is 3.02. The lowest BCUT2D eigenvalue weighted by molar-refractivity contribution is -0.143. The van der Waals surface area contributed by atoms with Crippen molar-refractivity contribution in [2.75, 3.05) is 0 Å². The van der Waals surface area contributed by atoms with Gasteiger partial charge in [-0.3, -0.25) is 0 Å². The van der Waals surface area contributed by atoms with Crippen LogP contribution in [0.5, 0.6) is 0 Å². The Kier molecular flexibility index (Phi) is 2.65. The molecule has 0 N–H and O–H groups in total. The van der Waals surface area contributed by atoms with Crippen LogP contribution in [0, 0.1) is 0 Å². The quantitative estimate of drug-likeness (QED) is 0.788. The van der Waals surface area contributed by atoms with Crippen LogP contribution in [0.2, 0.25) is 0 Å². The van der Waals surface area contributed by atoms with Gasteiger partial charge in [0.1, 0.15) is 5.92 Å². The van der Waals surface area contributed by atoms with Crippen molar-refractivity contribution in [1.29, 1.82) is 0 Å². The molecule has 2 aromatic rings. The molecule has 0 aliphatic rings. The molecule has 0 aromatic carbocycles. The van der Waals surface area contributed by atoms with E-state index in [0.717, 1.165) is 9.75 Å². The van der Waals surface area contributed by atoms with Crippen LogP contribution in [0.3, 0.4) is 0 Å². The lowest BCUT2D eigenvalue weighted by Crippen LogP contribution is -2.08. The third kappa shape index (κ3) is 1.71. The maximum absolute atomic E-state index is 11.0. The molecule has 2 heterocycles. The average molecular weight is 223 g/mol. The van der Waals surface area contributed by atoms with Crippen molar-refractivity contribution in [1.82, 2.24) is 0 Å². The molecule has 2 rings (SSSR count). The van der Waals surface area contributed by atoms with Gasteiger partial charge in [0.25, 0.3) is 0 Å². The van der Waals surface area contributed by atoms with Gasteiger partial charge in [0, 0.05) is 9.75 Å². The van der Waals surface area contributed by atoms with Crippen LogP contribution in [-0.2, 0) is 9.90 Å². The number of thiophene rings is 2. The molecule has 0 unspecified atom stereocenters. The van der Waals surface area contributed by atoms with Gasteiger partial charge in [-0.05, 0) is 22.9 Å².